The van der Waals surface area contributed by atoms with E-state index in [4.69, 9.17) is 11.6 Å². The molecule has 0 radical (unpaired) electrons. The molecule has 2 aromatic rings. The maximum Gasteiger partial charge on any atom is 0.0438 e. The molecule has 1 unspecified atom stereocenters. The van der Waals surface area contributed by atoms with Gasteiger partial charge in [-0.25, -0.2) is 0 Å². The second kappa shape index (κ2) is 5.67. The lowest BCUT2D eigenvalue weighted by molar-refractivity contribution is 0.594. The highest BCUT2D eigenvalue weighted by Gasteiger charge is 2.12. The third-order valence-electron chi connectivity index (χ3n) is 2.88. The molecule has 1 atom stereocenters. The summed E-state index contributed by atoms with van der Waals surface area (Å²) in [6.45, 7) is 2.14. The number of aryl methyl sites for hydroxylation is 1. The summed E-state index contributed by atoms with van der Waals surface area (Å²) >= 11 is 7.98. The summed E-state index contributed by atoms with van der Waals surface area (Å²) in [4.78, 5) is 1.35. The summed E-state index contributed by atoms with van der Waals surface area (Å²) in [5.74, 6) is 0. The molecule has 0 bridgehead atoms. The zero-order chi connectivity index (χ0) is 12.3. The Morgan fingerprint density at radius 3 is 2.71 bits per heavy atom. The first-order valence-corrected chi connectivity index (χ1v) is 6.92. The standard InChI is InChI=1S/C14H16ClNS/c1-10-7-12(9-17-10)14(16-2)8-11-5-3-4-6-13(11)15/h3-7,9,14,16H,8H2,1-2H3. The minimum Gasteiger partial charge on any atom is -0.313 e. The van der Waals surface area contributed by atoms with E-state index in [-0.39, 0.29) is 0 Å². The predicted octanol–water partition coefficient (Wildman–Crippen LogP) is 4.21. The Morgan fingerprint density at radius 1 is 1.35 bits per heavy atom. The van der Waals surface area contributed by atoms with Gasteiger partial charge in [0.15, 0.2) is 0 Å². The quantitative estimate of drug-likeness (QED) is 0.873. The van der Waals surface area contributed by atoms with Crippen LogP contribution in [0.25, 0.3) is 0 Å². The van der Waals surface area contributed by atoms with E-state index in [0.29, 0.717) is 6.04 Å². The van der Waals surface area contributed by atoms with Gasteiger partial charge >= 0.3 is 0 Å². The highest BCUT2D eigenvalue weighted by atomic mass is 35.5. The number of hydrogen-bond acceptors (Lipinski definition) is 2. The van der Waals surface area contributed by atoms with Crippen molar-refractivity contribution in [2.24, 2.45) is 0 Å². The number of halogens is 1. The van der Waals surface area contributed by atoms with Gasteiger partial charge in [-0.1, -0.05) is 29.8 Å². The third kappa shape index (κ3) is 3.09. The van der Waals surface area contributed by atoms with E-state index < -0.39 is 0 Å². The van der Waals surface area contributed by atoms with E-state index in [1.54, 1.807) is 11.3 Å². The minimum absolute atomic E-state index is 0.333. The van der Waals surface area contributed by atoms with Crippen molar-refractivity contribution in [1.29, 1.82) is 0 Å². The van der Waals surface area contributed by atoms with Crippen LogP contribution in [0.2, 0.25) is 5.02 Å². The van der Waals surface area contributed by atoms with Crippen molar-refractivity contribution >= 4 is 22.9 Å². The molecular weight excluding hydrogens is 250 g/mol. The van der Waals surface area contributed by atoms with Crippen LogP contribution in [0.5, 0.6) is 0 Å². The number of likely N-dealkylation sites (N-methyl/N-ethyl adjacent to an activating group) is 1. The maximum atomic E-state index is 6.19. The molecule has 90 valence electrons. The van der Waals surface area contributed by atoms with Crippen molar-refractivity contribution in [3.63, 3.8) is 0 Å². The maximum absolute atomic E-state index is 6.19. The van der Waals surface area contributed by atoms with E-state index in [0.717, 1.165) is 11.4 Å². The highest BCUT2D eigenvalue weighted by Crippen LogP contribution is 2.26. The van der Waals surface area contributed by atoms with Crippen molar-refractivity contribution in [2.45, 2.75) is 19.4 Å². The summed E-state index contributed by atoms with van der Waals surface area (Å²) in [6, 6.07) is 10.6. The number of hydrogen-bond donors (Lipinski definition) is 1. The first-order valence-electron chi connectivity index (χ1n) is 5.66. The lowest BCUT2D eigenvalue weighted by Gasteiger charge is -2.15. The molecule has 1 heterocycles. The molecule has 2 rings (SSSR count). The van der Waals surface area contributed by atoms with Crippen molar-refractivity contribution in [3.05, 3.63) is 56.7 Å². The predicted molar refractivity (Wildman–Crippen MR) is 76.0 cm³/mol. The van der Waals surface area contributed by atoms with E-state index in [9.17, 15) is 0 Å². The normalized spacial score (nSPS) is 12.6. The van der Waals surface area contributed by atoms with Gasteiger partial charge in [0.2, 0.25) is 0 Å². The molecule has 0 aliphatic rings. The zero-order valence-corrected chi connectivity index (χ0v) is 11.6. The van der Waals surface area contributed by atoms with Gasteiger partial charge in [0.05, 0.1) is 0 Å². The second-order valence-corrected chi connectivity index (χ2v) is 5.65. The van der Waals surface area contributed by atoms with Gasteiger partial charge in [-0.2, -0.15) is 0 Å². The molecule has 0 aliphatic heterocycles. The molecular formula is C14H16ClNS. The Balaban J connectivity index is 2.18. The molecule has 0 aliphatic carbocycles. The van der Waals surface area contributed by atoms with Gasteiger partial charge in [0, 0.05) is 15.9 Å². The van der Waals surface area contributed by atoms with Gasteiger partial charge in [-0.3, -0.25) is 0 Å². The molecule has 1 N–H and O–H groups in total. The smallest absolute Gasteiger partial charge is 0.0438 e. The first-order chi connectivity index (χ1) is 8.20. The van der Waals surface area contributed by atoms with E-state index in [1.807, 2.05) is 25.2 Å². The summed E-state index contributed by atoms with van der Waals surface area (Å²) < 4.78 is 0. The number of rotatable bonds is 4. The third-order valence-corrected chi connectivity index (χ3v) is 4.13. The fourth-order valence-electron chi connectivity index (χ4n) is 1.92. The molecule has 0 saturated heterocycles. The van der Waals surface area contributed by atoms with Gasteiger partial charge in [0.1, 0.15) is 0 Å². The van der Waals surface area contributed by atoms with Crippen molar-refractivity contribution < 1.29 is 0 Å². The molecule has 1 aromatic carbocycles. The first kappa shape index (κ1) is 12.6. The molecule has 17 heavy (non-hydrogen) atoms. The Kier molecular flexibility index (Phi) is 4.21. The molecule has 1 aromatic heterocycles. The number of benzene rings is 1. The molecule has 0 saturated carbocycles. The molecule has 0 fully saturated rings. The monoisotopic (exact) mass is 265 g/mol. The lowest BCUT2D eigenvalue weighted by atomic mass is 10.0. The van der Waals surface area contributed by atoms with E-state index in [1.165, 1.54) is 16.0 Å². The topological polar surface area (TPSA) is 12.0 Å². The number of nitrogens with one attached hydrogen (secondary N) is 1. The van der Waals surface area contributed by atoms with Crippen LogP contribution in [-0.2, 0) is 6.42 Å². The van der Waals surface area contributed by atoms with Gasteiger partial charge in [0.25, 0.3) is 0 Å². The fraction of sp³-hybridized carbons (Fsp3) is 0.286. The van der Waals surface area contributed by atoms with Crippen LogP contribution in [0.3, 0.4) is 0 Å². The van der Waals surface area contributed by atoms with Gasteiger partial charge < -0.3 is 5.32 Å². The van der Waals surface area contributed by atoms with Crippen LogP contribution in [-0.4, -0.2) is 7.05 Å². The van der Waals surface area contributed by atoms with Gasteiger partial charge in [-0.05, 0) is 49.0 Å². The Hall–Kier alpha value is -0.830. The van der Waals surface area contributed by atoms with Crippen molar-refractivity contribution in [3.8, 4) is 0 Å². The summed E-state index contributed by atoms with van der Waals surface area (Å²) in [7, 11) is 1.99. The van der Waals surface area contributed by atoms with Crippen LogP contribution in [0.1, 0.15) is 22.0 Å². The molecule has 3 heteroatoms. The van der Waals surface area contributed by atoms with Crippen LogP contribution in [0.15, 0.2) is 35.7 Å². The van der Waals surface area contributed by atoms with Crippen LogP contribution >= 0.6 is 22.9 Å². The molecule has 1 nitrogen and oxygen atoms in total. The van der Waals surface area contributed by atoms with Crippen molar-refractivity contribution in [2.75, 3.05) is 7.05 Å². The van der Waals surface area contributed by atoms with Crippen LogP contribution in [0, 0.1) is 6.92 Å². The lowest BCUT2D eigenvalue weighted by Crippen LogP contribution is -2.18. The number of thiophene rings is 1. The zero-order valence-electron chi connectivity index (χ0n) is 10.0. The van der Waals surface area contributed by atoms with Crippen LogP contribution in [0.4, 0.5) is 0 Å². The van der Waals surface area contributed by atoms with E-state index >= 15 is 0 Å². The Morgan fingerprint density at radius 2 is 2.12 bits per heavy atom. The average Bonchev–Trinajstić information content (AvgIpc) is 2.75. The highest BCUT2D eigenvalue weighted by molar-refractivity contribution is 7.10. The molecule has 0 amide bonds. The summed E-state index contributed by atoms with van der Waals surface area (Å²) in [5.41, 5.74) is 2.53. The second-order valence-electron chi connectivity index (χ2n) is 4.13. The average molecular weight is 266 g/mol. The Labute approximate surface area is 111 Å². The largest absolute Gasteiger partial charge is 0.313 e. The van der Waals surface area contributed by atoms with Crippen molar-refractivity contribution in [1.82, 2.24) is 5.32 Å². The van der Waals surface area contributed by atoms with Gasteiger partial charge in [-0.15, -0.1) is 11.3 Å². The molecule has 0 spiro atoms. The minimum atomic E-state index is 0.333. The SMILES string of the molecule is CNC(Cc1ccccc1Cl)c1csc(C)c1. The fourth-order valence-corrected chi connectivity index (χ4v) is 2.89. The summed E-state index contributed by atoms with van der Waals surface area (Å²) in [6.07, 6.45) is 0.923. The van der Waals surface area contributed by atoms with E-state index in [2.05, 4.69) is 29.8 Å². The Bertz CT molecular complexity index is 492. The summed E-state index contributed by atoms with van der Waals surface area (Å²) in [5, 5.41) is 6.42. The van der Waals surface area contributed by atoms with Crippen LogP contribution < -0.4 is 5.32 Å².